The van der Waals surface area contributed by atoms with Gasteiger partial charge in [-0.2, -0.15) is 0 Å². The molecule has 0 unspecified atom stereocenters. The Balaban J connectivity index is 0. The third kappa shape index (κ3) is 13.2. The molecule has 0 radical (unpaired) electrons. The van der Waals surface area contributed by atoms with Crippen LogP contribution in [0.5, 0.6) is 0 Å². The molecule has 76 valence electrons. The number of quaternary nitrogens is 1. The standard InChI is InChI=1S/C6H16NO2S2.ClH/c1-7(2,3)5-6-10-11(4,8)9;/h5-6H2,1-4H3;1H/q+1;/p-1. The Morgan fingerprint density at radius 3 is 1.92 bits per heavy atom. The van der Waals surface area contributed by atoms with Crippen LogP contribution >= 0.6 is 10.8 Å². The Hall–Kier alpha value is 0.550. The van der Waals surface area contributed by atoms with E-state index in [1.165, 1.54) is 6.26 Å². The maximum Gasteiger partial charge on any atom is 0.198 e. The van der Waals surface area contributed by atoms with Gasteiger partial charge in [0.25, 0.3) is 0 Å². The normalized spacial score (nSPS) is 12.3. The summed E-state index contributed by atoms with van der Waals surface area (Å²) in [7, 11) is 4.31. The molecular weight excluding hydrogens is 218 g/mol. The molecule has 12 heavy (non-hydrogen) atoms. The fourth-order valence-corrected chi connectivity index (χ4v) is 2.52. The van der Waals surface area contributed by atoms with Crippen LogP contribution < -0.4 is 12.4 Å². The number of rotatable bonds is 4. The zero-order valence-electron chi connectivity index (χ0n) is 7.87. The third-order valence-electron chi connectivity index (χ3n) is 1.06. The van der Waals surface area contributed by atoms with Gasteiger partial charge >= 0.3 is 0 Å². The number of nitrogens with zero attached hydrogens (tertiary/aromatic N) is 1. The van der Waals surface area contributed by atoms with E-state index in [-0.39, 0.29) is 12.4 Å². The summed E-state index contributed by atoms with van der Waals surface area (Å²) < 4.78 is 22.2. The molecule has 0 saturated carbocycles. The van der Waals surface area contributed by atoms with Crippen LogP contribution in [0, 0.1) is 0 Å². The molecule has 0 aliphatic rings. The summed E-state index contributed by atoms with van der Waals surface area (Å²) in [6.45, 7) is 0.873. The fraction of sp³-hybridized carbons (Fsp3) is 1.00. The first-order chi connectivity index (χ1) is 4.71. The minimum absolute atomic E-state index is 0. The van der Waals surface area contributed by atoms with Crippen LogP contribution in [0.1, 0.15) is 0 Å². The van der Waals surface area contributed by atoms with Gasteiger partial charge in [0.05, 0.1) is 33.4 Å². The van der Waals surface area contributed by atoms with E-state index in [2.05, 4.69) is 0 Å². The minimum Gasteiger partial charge on any atom is -1.00 e. The van der Waals surface area contributed by atoms with Crippen molar-refractivity contribution >= 4 is 19.7 Å². The monoisotopic (exact) mass is 233 g/mol. The molecule has 0 fully saturated rings. The van der Waals surface area contributed by atoms with Gasteiger partial charge in [-0.25, -0.2) is 8.42 Å². The van der Waals surface area contributed by atoms with Crippen LogP contribution in [0.3, 0.4) is 0 Å². The Morgan fingerprint density at radius 2 is 1.67 bits per heavy atom. The highest BCUT2D eigenvalue weighted by Crippen LogP contribution is 2.09. The summed E-state index contributed by atoms with van der Waals surface area (Å²) in [5.74, 6) is 0.669. The maximum absolute atomic E-state index is 10.7. The summed E-state index contributed by atoms with van der Waals surface area (Å²) in [5, 5.41) is 0. The number of halogens is 1. The van der Waals surface area contributed by atoms with Gasteiger partial charge in [-0.05, 0) is 10.8 Å². The lowest BCUT2D eigenvalue weighted by molar-refractivity contribution is -0.867. The average molecular weight is 234 g/mol. The zero-order valence-corrected chi connectivity index (χ0v) is 10.3. The van der Waals surface area contributed by atoms with Gasteiger partial charge in [0, 0.05) is 6.26 Å². The predicted octanol–water partition coefficient (Wildman–Crippen LogP) is -2.61. The van der Waals surface area contributed by atoms with Crippen molar-refractivity contribution in [2.75, 3.05) is 39.7 Å². The smallest absolute Gasteiger partial charge is 0.198 e. The Bertz CT molecular complexity index is 208. The lowest BCUT2D eigenvalue weighted by Crippen LogP contribution is -3.00. The summed E-state index contributed by atoms with van der Waals surface area (Å²) in [5.41, 5.74) is 0. The summed E-state index contributed by atoms with van der Waals surface area (Å²) in [6, 6.07) is 0. The lowest BCUT2D eigenvalue weighted by atomic mass is 10.6. The average Bonchev–Trinajstić information content (AvgIpc) is 1.55. The Labute approximate surface area is 84.8 Å². The largest absolute Gasteiger partial charge is 1.00 e. The van der Waals surface area contributed by atoms with Crippen LogP contribution in [0.25, 0.3) is 0 Å². The Kier molecular flexibility index (Phi) is 6.66. The van der Waals surface area contributed by atoms with Crippen molar-refractivity contribution < 1.29 is 25.3 Å². The highest BCUT2D eigenvalue weighted by molar-refractivity contribution is 8.71. The minimum atomic E-state index is -2.84. The van der Waals surface area contributed by atoms with Gasteiger partial charge in [0.1, 0.15) is 0 Å². The molecular formula is C6H16ClNO2S2. The van der Waals surface area contributed by atoms with E-state index in [0.29, 0.717) is 5.75 Å². The molecule has 0 aromatic heterocycles. The molecule has 6 heteroatoms. The lowest BCUT2D eigenvalue weighted by Gasteiger charge is -2.22. The van der Waals surface area contributed by atoms with Crippen molar-refractivity contribution in [3.8, 4) is 0 Å². The molecule has 0 saturated heterocycles. The molecule has 0 amide bonds. The highest BCUT2D eigenvalue weighted by atomic mass is 35.5. The molecule has 0 atom stereocenters. The fourth-order valence-electron chi connectivity index (χ4n) is 0.463. The molecule has 0 spiro atoms. The van der Waals surface area contributed by atoms with Gasteiger partial charge in [-0.3, -0.25) is 0 Å². The van der Waals surface area contributed by atoms with Crippen molar-refractivity contribution in [3.05, 3.63) is 0 Å². The van der Waals surface area contributed by atoms with Gasteiger partial charge < -0.3 is 16.9 Å². The molecule has 0 N–H and O–H groups in total. The molecule has 0 rings (SSSR count). The van der Waals surface area contributed by atoms with Crippen molar-refractivity contribution in [1.82, 2.24) is 0 Å². The van der Waals surface area contributed by atoms with Crippen molar-refractivity contribution in [1.29, 1.82) is 0 Å². The molecule has 0 aromatic rings. The van der Waals surface area contributed by atoms with Crippen LogP contribution in [0.15, 0.2) is 0 Å². The van der Waals surface area contributed by atoms with Gasteiger partial charge in [0.15, 0.2) is 8.87 Å². The van der Waals surface area contributed by atoms with Gasteiger partial charge in [-0.1, -0.05) is 0 Å². The van der Waals surface area contributed by atoms with E-state index < -0.39 is 8.87 Å². The topological polar surface area (TPSA) is 34.1 Å². The Morgan fingerprint density at radius 1 is 1.25 bits per heavy atom. The SMILES string of the molecule is C[N+](C)(C)CCSS(C)(=O)=O.[Cl-]. The van der Waals surface area contributed by atoms with E-state index in [1.807, 2.05) is 21.1 Å². The van der Waals surface area contributed by atoms with Gasteiger partial charge in [-0.15, -0.1) is 0 Å². The highest BCUT2D eigenvalue weighted by Gasteiger charge is 2.09. The van der Waals surface area contributed by atoms with Gasteiger partial charge in [0.2, 0.25) is 0 Å². The van der Waals surface area contributed by atoms with E-state index in [1.54, 1.807) is 0 Å². The first kappa shape index (κ1) is 15.0. The van der Waals surface area contributed by atoms with Crippen molar-refractivity contribution in [2.24, 2.45) is 0 Å². The molecule has 0 heterocycles. The van der Waals surface area contributed by atoms with E-state index in [0.717, 1.165) is 21.8 Å². The van der Waals surface area contributed by atoms with Crippen LogP contribution in [-0.4, -0.2) is 52.6 Å². The molecule has 0 aliphatic carbocycles. The molecule has 3 nitrogen and oxygen atoms in total. The maximum atomic E-state index is 10.7. The quantitative estimate of drug-likeness (QED) is 0.394. The predicted molar refractivity (Wildman–Crippen MR) is 50.2 cm³/mol. The van der Waals surface area contributed by atoms with E-state index in [9.17, 15) is 8.42 Å². The zero-order chi connectivity index (χ0) is 9.12. The van der Waals surface area contributed by atoms with Crippen LogP contribution in [-0.2, 0) is 8.87 Å². The number of hydrogen-bond donors (Lipinski definition) is 0. The van der Waals surface area contributed by atoms with Crippen LogP contribution in [0.4, 0.5) is 0 Å². The first-order valence-corrected chi connectivity index (χ1v) is 6.75. The van der Waals surface area contributed by atoms with Crippen molar-refractivity contribution in [2.45, 2.75) is 0 Å². The molecule has 0 aliphatic heterocycles. The van der Waals surface area contributed by atoms with Crippen molar-refractivity contribution in [3.63, 3.8) is 0 Å². The summed E-state index contributed by atoms with van der Waals surface area (Å²) in [4.78, 5) is 0. The molecule has 0 aromatic carbocycles. The summed E-state index contributed by atoms with van der Waals surface area (Å²) >= 11 is 0. The summed E-state index contributed by atoms with van der Waals surface area (Å²) in [6.07, 6.45) is 1.24. The molecule has 0 bridgehead atoms. The van der Waals surface area contributed by atoms with Crippen LogP contribution in [0.2, 0.25) is 0 Å². The second kappa shape index (κ2) is 5.32. The van der Waals surface area contributed by atoms with E-state index in [4.69, 9.17) is 0 Å². The first-order valence-electron chi connectivity index (χ1n) is 3.35. The second-order valence-electron chi connectivity index (χ2n) is 3.54. The second-order valence-corrected chi connectivity index (χ2v) is 8.12. The third-order valence-corrected chi connectivity index (χ3v) is 3.62. The van der Waals surface area contributed by atoms with E-state index >= 15 is 0 Å². The number of hydrogen-bond acceptors (Lipinski definition) is 3.